The maximum atomic E-state index is 14.2. The van der Waals surface area contributed by atoms with Gasteiger partial charge in [0.25, 0.3) is 11.8 Å². The molecular weight excluding hydrogens is 846 g/mol. The first-order chi connectivity index (χ1) is 30.7. The van der Waals surface area contributed by atoms with E-state index in [1.807, 2.05) is 6.92 Å². The number of amides is 2. The van der Waals surface area contributed by atoms with Crippen LogP contribution in [0.25, 0.3) is 0 Å². The molecule has 2 unspecified atom stereocenters. The molecule has 2 aliphatic carbocycles. The van der Waals surface area contributed by atoms with Gasteiger partial charge in [-0.1, -0.05) is 12.1 Å². The van der Waals surface area contributed by atoms with Crippen LogP contribution in [0.2, 0.25) is 0 Å². The van der Waals surface area contributed by atoms with Crippen molar-refractivity contribution in [1.29, 1.82) is 0 Å². The number of morpholine rings is 1. The van der Waals surface area contributed by atoms with E-state index in [4.69, 9.17) is 48.5 Å². The van der Waals surface area contributed by atoms with Gasteiger partial charge in [-0.15, -0.1) is 5.06 Å². The summed E-state index contributed by atoms with van der Waals surface area (Å²) in [4.78, 5) is 84.8. The van der Waals surface area contributed by atoms with Crippen molar-refractivity contribution in [3.63, 3.8) is 0 Å². The zero-order chi connectivity index (χ0) is 45.2. The number of carbonyl (C=O) groups is 6. The summed E-state index contributed by atoms with van der Waals surface area (Å²) in [7, 11) is 1.52. The van der Waals surface area contributed by atoms with Crippen molar-refractivity contribution < 1.29 is 86.8 Å². The van der Waals surface area contributed by atoms with Gasteiger partial charge in [-0.2, -0.15) is 0 Å². The number of carbonyl (C=O) groups excluding carboxylic acids is 6. The van der Waals surface area contributed by atoms with Gasteiger partial charge >= 0.3 is 5.97 Å². The Morgan fingerprint density at radius 1 is 0.953 bits per heavy atom. The third kappa shape index (κ3) is 7.86. The second-order valence-electron chi connectivity index (χ2n) is 17.0. The van der Waals surface area contributed by atoms with Crippen LogP contribution in [-0.2, 0) is 68.3 Å². The molecule has 2 aromatic carbocycles. The molecule has 2 amide bonds. The van der Waals surface area contributed by atoms with Gasteiger partial charge in [-0.05, 0) is 32.3 Å². The molecule has 0 aromatic heterocycles. The van der Waals surface area contributed by atoms with Crippen molar-refractivity contribution in [2.24, 2.45) is 0 Å². The van der Waals surface area contributed by atoms with Crippen LogP contribution < -0.4 is 5.73 Å². The summed E-state index contributed by atoms with van der Waals surface area (Å²) in [5, 5.41) is 36.7. The number of Topliss-reactive ketones (excluding diaryl/α,β-unsaturated/α-hetero) is 1. The second kappa shape index (κ2) is 17.5. The molecule has 21 heteroatoms. The van der Waals surface area contributed by atoms with Crippen LogP contribution in [0, 0.1) is 0 Å². The van der Waals surface area contributed by atoms with Crippen molar-refractivity contribution in [3.05, 3.63) is 51.6 Å². The van der Waals surface area contributed by atoms with Gasteiger partial charge in [-0.25, -0.2) is 4.79 Å². The lowest BCUT2D eigenvalue weighted by molar-refractivity contribution is -0.256. The van der Waals surface area contributed by atoms with E-state index in [-0.39, 0.29) is 66.0 Å². The molecule has 2 aromatic rings. The summed E-state index contributed by atoms with van der Waals surface area (Å²) >= 11 is 0. The van der Waals surface area contributed by atoms with Crippen LogP contribution >= 0.6 is 0 Å². The Labute approximate surface area is 365 Å². The number of ether oxygens (including phenoxy) is 8. The third-order valence-electron chi connectivity index (χ3n) is 13.0. The van der Waals surface area contributed by atoms with E-state index in [1.165, 1.54) is 25.3 Å². The standard InChI is InChI=1S/C43H49N3O18/c1-19-40-24(45-11-12-58-42(56-2)41(45)63-40)13-31(60-19)62-25-15-43(55,14-22-33(25)39(54)35-34(37(22)52)36(51)21-6-4-7-23(44)32(21)38(35)53)26(47)17-59-30-8-3-5-20(61-30)16-57-18-29(50)64-46-27(48)9-10-28(46)49/h4,6-7,19-20,24-25,30-31,40-42,52,54-55H,3,5,8-18,44H2,1-2H3/t19-,20?,24-,25-,30?,31-,40+,41+,42-,43-/m0/s1. The van der Waals surface area contributed by atoms with Gasteiger partial charge in [0.2, 0.25) is 0 Å². The topological polar surface area (TPSA) is 279 Å². The lowest BCUT2D eigenvalue weighted by Gasteiger charge is -2.43. The number of hydrogen-bond acceptors (Lipinski definition) is 20. The Hall–Kier alpha value is -4.94. The lowest BCUT2D eigenvalue weighted by Crippen LogP contribution is -2.55. The fourth-order valence-electron chi connectivity index (χ4n) is 9.90. The Kier molecular flexibility index (Phi) is 12.1. The number of phenols is 2. The Morgan fingerprint density at radius 3 is 2.48 bits per heavy atom. The average molecular weight is 896 g/mol. The Balaban J connectivity index is 0.936. The summed E-state index contributed by atoms with van der Waals surface area (Å²) in [5.41, 5.74) is 2.36. The molecule has 21 nitrogen and oxygen atoms in total. The van der Waals surface area contributed by atoms with Gasteiger partial charge in [0.15, 0.2) is 42.4 Å². The fraction of sp³-hybridized carbons (Fsp3) is 0.581. The number of methoxy groups -OCH3 is 1. The molecule has 10 atom stereocenters. The largest absolute Gasteiger partial charge is 0.507 e. The number of nitrogens with zero attached hydrogens (tertiary/aromatic N) is 2. The molecule has 5 fully saturated rings. The molecular formula is C43H49N3O18. The summed E-state index contributed by atoms with van der Waals surface area (Å²) in [6.07, 6.45) is -5.40. The number of fused-ring (bicyclic) bond motifs is 6. The minimum Gasteiger partial charge on any atom is -0.507 e. The quantitative estimate of drug-likeness (QED) is 0.111. The van der Waals surface area contributed by atoms with Crippen LogP contribution in [0.5, 0.6) is 11.5 Å². The number of rotatable bonds is 12. The summed E-state index contributed by atoms with van der Waals surface area (Å²) in [6.45, 7) is 1.42. The van der Waals surface area contributed by atoms with E-state index >= 15 is 0 Å². The minimum absolute atomic E-state index is 0.00293. The Morgan fingerprint density at radius 2 is 1.72 bits per heavy atom. The Bertz CT molecular complexity index is 2250. The van der Waals surface area contributed by atoms with Crippen molar-refractivity contribution in [2.45, 2.75) is 119 Å². The molecule has 5 aliphatic heterocycles. The molecule has 7 aliphatic rings. The van der Waals surface area contributed by atoms with Crippen molar-refractivity contribution in [1.82, 2.24) is 9.96 Å². The van der Waals surface area contributed by atoms with Gasteiger partial charge in [-0.3, -0.25) is 28.9 Å². The van der Waals surface area contributed by atoms with E-state index in [2.05, 4.69) is 4.90 Å². The number of phenolic OH excluding ortho intramolecular Hbond substituents is 2. The predicted molar refractivity (Wildman–Crippen MR) is 211 cm³/mol. The highest BCUT2D eigenvalue weighted by molar-refractivity contribution is 6.32. The van der Waals surface area contributed by atoms with Crippen LogP contribution in [0.15, 0.2) is 18.2 Å². The molecule has 344 valence electrons. The van der Waals surface area contributed by atoms with Crippen molar-refractivity contribution in [2.75, 3.05) is 45.8 Å². The molecule has 9 rings (SSSR count). The number of ketones is 3. The highest BCUT2D eigenvalue weighted by atomic mass is 16.7. The fourth-order valence-corrected chi connectivity index (χ4v) is 9.90. The van der Waals surface area contributed by atoms with Gasteiger partial charge in [0, 0.05) is 74.2 Å². The number of aliphatic hydroxyl groups is 1. The summed E-state index contributed by atoms with van der Waals surface area (Å²) in [6, 6.07) is 4.07. The maximum absolute atomic E-state index is 14.2. The molecule has 0 spiro atoms. The third-order valence-corrected chi connectivity index (χ3v) is 13.0. The average Bonchev–Trinajstić information content (AvgIpc) is 3.81. The number of hydrogen-bond donors (Lipinski definition) is 4. The van der Waals surface area contributed by atoms with Crippen LogP contribution in [0.4, 0.5) is 5.69 Å². The molecule has 64 heavy (non-hydrogen) atoms. The number of nitrogen functional groups attached to an aromatic ring is 1. The normalized spacial score (nSPS) is 32.4. The summed E-state index contributed by atoms with van der Waals surface area (Å²) < 4.78 is 47.8. The van der Waals surface area contributed by atoms with Crippen LogP contribution in [-0.4, -0.2) is 156 Å². The van der Waals surface area contributed by atoms with Gasteiger partial charge < -0.3 is 63.8 Å². The SMILES string of the molecule is CO[C@H]1OCCN2[C@@H]1O[C@@H]1[C@H](C)O[C@@H](O[C@H]3C[C@](O)(C(=O)COC4CCCC(COCC(=O)ON5C(=O)CCC5=O)O4)Cc4c(O)c5c(c(O)c43)C(=O)c3c(N)cccc3C5=O)C[C@@H]12. The van der Waals surface area contributed by atoms with Crippen molar-refractivity contribution >= 4 is 40.8 Å². The molecule has 0 radical (unpaired) electrons. The summed E-state index contributed by atoms with van der Waals surface area (Å²) in [5.74, 6) is -5.98. The van der Waals surface area contributed by atoms with Crippen LogP contribution in [0.3, 0.4) is 0 Å². The first kappa shape index (κ1) is 44.3. The zero-order valence-corrected chi connectivity index (χ0v) is 35.1. The van der Waals surface area contributed by atoms with Gasteiger partial charge in [0.1, 0.15) is 36.4 Å². The number of nitrogens with two attached hydrogens (primary N) is 1. The van der Waals surface area contributed by atoms with E-state index in [0.717, 1.165) is 0 Å². The minimum atomic E-state index is -2.31. The first-order valence-electron chi connectivity index (χ1n) is 21.3. The monoisotopic (exact) mass is 895 g/mol. The number of benzene rings is 2. The van der Waals surface area contributed by atoms with E-state index in [1.54, 1.807) is 0 Å². The molecule has 0 saturated carbocycles. The number of imide groups is 1. The van der Waals surface area contributed by atoms with E-state index < -0.39 is 133 Å². The smallest absolute Gasteiger partial charge is 0.358 e. The van der Waals surface area contributed by atoms with Crippen LogP contribution in [0.1, 0.15) is 101 Å². The number of anilines is 1. The molecule has 0 bridgehead atoms. The predicted octanol–water partition coefficient (Wildman–Crippen LogP) is 0.828. The van der Waals surface area contributed by atoms with E-state index in [0.29, 0.717) is 37.5 Å². The van der Waals surface area contributed by atoms with Gasteiger partial charge in [0.05, 0.1) is 48.2 Å². The number of hydroxylamine groups is 2. The maximum Gasteiger partial charge on any atom is 0.358 e. The molecule has 5 N–H and O–H groups in total. The molecule has 5 heterocycles. The van der Waals surface area contributed by atoms with E-state index in [9.17, 15) is 44.1 Å². The second-order valence-corrected chi connectivity index (χ2v) is 17.0. The highest BCUT2D eigenvalue weighted by Crippen LogP contribution is 2.53. The van der Waals surface area contributed by atoms with Crippen molar-refractivity contribution in [3.8, 4) is 11.5 Å². The lowest BCUT2D eigenvalue weighted by atomic mass is 9.71. The first-order valence-corrected chi connectivity index (χ1v) is 21.3. The highest BCUT2D eigenvalue weighted by Gasteiger charge is 2.55. The number of aromatic hydroxyl groups is 2. The zero-order valence-electron chi connectivity index (χ0n) is 35.1. The molecule has 5 saturated heterocycles.